The number of alkyl halides is 1. The maximum atomic E-state index is 11.2. The third kappa shape index (κ3) is 3.16. The number of ether oxygens (including phenoxy) is 1. The molecule has 1 saturated carbocycles. The second-order valence-corrected chi connectivity index (χ2v) is 3.70. The highest BCUT2D eigenvalue weighted by Gasteiger charge is 2.27. The fraction of sp³-hybridized carbons (Fsp3) is 0.889. The van der Waals surface area contributed by atoms with Crippen molar-refractivity contribution >= 4 is 17.5 Å². The van der Waals surface area contributed by atoms with E-state index >= 15 is 0 Å². The Morgan fingerprint density at radius 3 is 3.00 bits per heavy atom. The van der Waals surface area contributed by atoms with Gasteiger partial charge in [0.05, 0.1) is 12.1 Å². The molecule has 0 bridgehead atoms. The lowest BCUT2D eigenvalue weighted by atomic mass is 10.2. The molecule has 1 aliphatic carbocycles. The molecule has 0 radical (unpaired) electrons. The SMILES string of the molecule is COC1CCCC1NC(=O)CCCl. The van der Waals surface area contributed by atoms with Crippen LogP contribution in [-0.2, 0) is 9.53 Å². The van der Waals surface area contributed by atoms with Crippen molar-refractivity contribution in [1.82, 2.24) is 5.32 Å². The van der Waals surface area contributed by atoms with Gasteiger partial charge in [-0.25, -0.2) is 0 Å². The van der Waals surface area contributed by atoms with Gasteiger partial charge >= 0.3 is 0 Å². The molecule has 0 aliphatic heterocycles. The molecule has 2 unspecified atom stereocenters. The van der Waals surface area contributed by atoms with Crippen molar-refractivity contribution < 1.29 is 9.53 Å². The smallest absolute Gasteiger partial charge is 0.221 e. The second kappa shape index (κ2) is 5.45. The van der Waals surface area contributed by atoms with Crippen molar-refractivity contribution in [2.24, 2.45) is 0 Å². The van der Waals surface area contributed by atoms with Crippen LogP contribution in [-0.4, -0.2) is 31.0 Å². The van der Waals surface area contributed by atoms with E-state index in [0.29, 0.717) is 12.3 Å². The Labute approximate surface area is 83.8 Å². The summed E-state index contributed by atoms with van der Waals surface area (Å²) in [7, 11) is 1.69. The van der Waals surface area contributed by atoms with Gasteiger partial charge in [-0.05, 0) is 19.3 Å². The van der Waals surface area contributed by atoms with E-state index < -0.39 is 0 Å². The van der Waals surface area contributed by atoms with Crippen molar-refractivity contribution in [2.75, 3.05) is 13.0 Å². The molecule has 0 heterocycles. The Hall–Kier alpha value is -0.280. The number of halogens is 1. The van der Waals surface area contributed by atoms with Crippen molar-refractivity contribution in [3.05, 3.63) is 0 Å². The Morgan fingerprint density at radius 1 is 1.62 bits per heavy atom. The lowest BCUT2D eigenvalue weighted by Gasteiger charge is -2.19. The van der Waals surface area contributed by atoms with E-state index in [2.05, 4.69) is 5.32 Å². The van der Waals surface area contributed by atoms with Crippen molar-refractivity contribution in [1.29, 1.82) is 0 Å². The molecular weight excluding hydrogens is 190 g/mol. The van der Waals surface area contributed by atoms with Gasteiger partial charge in [0.15, 0.2) is 0 Å². The quantitative estimate of drug-likeness (QED) is 0.703. The van der Waals surface area contributed by atoms with Crippen LogP contribution in [0.3, 0.4) is 0 Å². The van der Waals surface area contributed by atoms with Crippen LogP contribution in [0.15, 0.2) is 0 Å². The van der Waals surface area contributed by atoms with Crippen molar-refractivity contribution in [3.63, 3.8) is 0 Å². The first kappa shape index (κ1) is 10.8. The molecule has 0 aromatic rings. The average Bonchev–Trinajstić information content (AvgIpc) is 2.52. The van der Waals surface area contributed by atoms with Crippen LogP contribution >= 0.6 is 11.6 Å². The van der Waals surface area contributed by atoms with Gasteiger partial charge in [0, 0.05) is 19.4 Å². The summed E-state index contributed by atoms with van der Waals surface area (Å²) in [6.45, 7) is 0. The molecule has 0 saturated heterocycles. The molecule has 76 valence electrons. The summed E-state index contributed by atoms with van der Waals surface area (Å²) in [5.74, 6) is 0.417. The largest absolute Gasteiger partial charge is 0.379 e. The lowest BCUT2D eigenvalue weighted by molar-refractivity contribution is -0.122. The van der Waals surface area contributed by atoms with Gasteiger partial charge in [-0.15, -0.1) is 11.6 Å². The van der Waals surface area contributed by atoms with E-state index in [1.54, 1.807) is 7.11 Å². The Bertz CT molecular complexity index is 175. The first-order valence-electron chi connectivity index (χ1n) is 4.66. The predicted octanol–water partition coefficient (Wildman–Crippen LogP) is 1.30. The summed E-state index contributed by atoms with van der Waals surface area (Å²) >= 11 is 5.46. The Balaban J connectivity index is 2.30. The summed E-state index contributed by atoms with van der Waals surface area (Å²) in [6.07, 6.45) is 3.78. The zero-order valence-corrected chi connectivity index (χ0v) is 8.64. The molecular formula is C9H16ClNO2. The fourth-order valence-electron chi connectivity index (χ4n) is 1.74. The molecule has 3 nitrogen and oxygen atoms in total. The number of amides is 1. The monoisotopic (exact) mass is 205 g/mol. The maximum absolute atomic E-state index is 11.2. The van der Waals surface area contributed by atoms with Crippen molar-refractivity contribution in [3.8, 4) is 0 Å². The molecule has 0 aromatic heterocycles. The third-order valence-electron chi connectivity index (χ3n) is 2.42. The average molecular weight is 206 g/mol. The highest BCUT2D eigenvalue weighted by Crippen LogP contribution is 2.21. The fourth-order valence-corrected chi connectivity index (χ4v) is 1.91. The van der Waals surface area contributed by atoms with E-state index in [-0.39, 0.29) is 18.1 Å². The summed E-state index contributed by atoms with van der Waals surface area (Å²) in [5, 5.41) is 2.93. The van der Waals surface area contributed by atoms with Gasteiger partial charge in [-0.1, -0.05) is 0 Å². The minimum absolute atomic E-state index is 0.0314. The van der Waals surface area contributed by atoms with Crippen LogP contribution in [0, 0.1) is 0 Å². The Kier molecular flexibility index (Phi) is 4.53. The highest BCUT2D eigenvalue weighted by molar-refractivity contribution is 6.18. The molecule has 0 spiro atoms. The number of nitrogens with one attached hydrogen (secondary N) is 1. The third-order valence-corrected chi connectivity index (χ3v) is 2.61. The van der Waals surface area contributed by atoms with Gasteiger partial charge in [-0.2, -0.15) is 0 Å². The minimum atomic E-state index is 0.0314. The molecule has 1 amide bonds. The summed E-state index contributed by atoms with van der Waals surface area (Å²) in [6, 6.07) is 0.195. The maximum Gasteiger partial charge on any atom is 0.221 e. The van der Waals surface area contributed by atoms with Gasteiger partial charge in [0.25, 0.3) is 0 Å². The van der Waals surface area contributed by atoms with E-state index in [1.807, 2.05) is 0 Å². The molecule has 4 heteroatoms. The van der Waals surface area contributed by atoms with Gasteiger partial charge < -0.3 is 10.1 Å². The molecule has 1 fully saturated rings. The molecule has 13 heavy (non-hydrogen) atoms. The van der Waals surface area contributed by atoms with Gasteiger partial charge in [0.2, 0.25) is 5.91 Å². The van der Waals surface area contributed by atoms with Crippen LogP contribution < -0.4 is 5.32 Å². The van der Waals surface area contributed by atoms with E-state index in [1.165, 1.54) is 0 Å². The van der Waals surface area contributed by atoms with E-state index in [0.717, 1.165) is 19.3 Å². The van der Waals surface area contributed by atoms with Crippen LogP contribution in [0.1, 0.15) is 25.7 Å². The number of hydrogen-bond acceptors (Lipinski definition) is 2. The van der Waals surface area contributed by atoms with Gasteiger partial charge in [-0.3, -0.25) is 4.79 Å². The lowest BCUT2D eigenvalue weighted by Crippen LogP contribution is -2.40. The number of carbonyl (C=O) groups is 1. The second-order valence-electron chi connectivity index (χ2n) is 3.32. The molecule has 2 atom stereocenters. The topological polar surface area (TPSA) is 38.3 Å². The first-order valence-corrected chi connectivity index (χ1v) is 5.19. The molecule has 0 aromatic carbocycles. The minimum Gasteiger partial charge on any atom is -0.379 e. The van der Waals surface area contributed by atoms with E-state index in [9.17, 15) is 4.79 Å². The van der Waals surface area contributed by atoms with Crippen molar-refractivity contribution in [2.45, 2.75) is 37.8 Å². The standard InChI is InChI=1S/C9H16ClNO2/c1-13-8-4-2-3-7(8)11-9(12)5-6-10/h7-8H,2-6H2,1H3,(H,11,12). The molecule has 1 aliphatic rings. The number of rotatable bonds is 4. The number of methoxy groups -OCH3 is 1. The number of hydrogen-bond donors (Lipinski definition) is 1. The molecule has 1 N–H and O–H groups in total. The van der Waals surface area contributed by atoms with E-state index in [4.69, 9.17) is 16.3 Å². The van der Waals surface area contributed by atoms with Crippen LogP contribution in [0.25, 0.3) is 0 Å². The first-order chi connectivity index (χ1) is 6.27. The predicted molar refractivity (Wildman–Crippen MR) is 51.9 cm³/mol. The summed E-state index contributed by atoms with van der Waals surface area (Å²) in [5.41, 5.74) is 0. The number of carbonyl (C=O) groups excluding carboxylic acids is 1. The summed E-state index contributed by atoms with van der Waals surface area (Å²) < 4.78 is 5.26. The van der Waals surface area contributed by atoms with Crippen LogP contribution in [0.2, 0.25) is 0 Å². The zero-order valence-electron chi connectivity index (χ0n) is 7.88. The molecule has 1 rings (SSSR count). The summed E-state index contributed by atoms with van der Waals surface area (Å²) in [4.78, 5) is 11.2. The highest BCUT2D eigenvalue weighted by atomic mass is 35.5. The Morgan fingerprint density at radius 2 is 2.38 bits per heavy atom. The van der Waals surface area contributed by atoms with Crippen LogP contribution in [0.5, 0.6) is 0 Å². The van der Waals surface area contributed by atoms with Crippen LogP contribution in [0.4, 0.5) is 0 Å². The van der Waals surface area contributed by atoms with Gasteiger partial charge in [0.1, 0.15) is 0 Å². The normalized spacial score (nSPS) is 27.5. The zero-order chi connectivity index (χ0) is 9.68.